The molecule has 0 aromatic heterocycles. The molecular formula is C15H30N2O2. The highest BCUT2D eigenvalue weighted by Gasteiger charge is 2.37. The van der Waals surface area contributed by atoms with Gasteiger partial charge in [-0.2, -0.15) is 0 Å². The van der Waals surface area contributed by atoms with Crippen LogP contribution in [0.4, 0.5) is 0 Å². The van der Waals surface area contributed by atoms with Crippen LogP contribution >= 0.6 is 0 Å². The number of methoxy groups -OCH3 is 1. The smallest absolute Gasteiger partial charge is 0.226 e. The monoisotopic (exact) mass is 270 g/mol. The van der Waals surface area contributed by atoms with Crippen LogP contribution in [0.2, 0.25) is 0 Å². The average Bonchev–Trinajstić information content (AvgIpc) is 2.33. The Morgan fingerprint density at radius 3 is 2.47 bits per heavy atom. The fourth-order valence-electron chi connectivity index (χ4n) is 3.05. The minimum atomic E-state index is 0.0745. The number of amides is 1. The van der Waals surface area contributed by atoms with E-state index >= 15 is 0 Å². The molecule has 0 radical (unpaired) electrons. The van der Waals surface area contributed by atoms with Crippen LogP contribution in [0.3, 0.4) is 0 Å². The van der Waals surface area contributed by atoms with Crippen LogP contribution in [0, 0.1) is 17.8 Å². The Kier molecular flexibility index (Phi) is 6.27. The van der Waals surface area contributed by atoms with Gasteiger partial charge < -0.3 is 15.4 Å². The molecule has 1 aliphatic rings. The van der Waals surface area contributed by atoms with Crippen molar-refractivity contribution in [2.75, 3.05) is 20.3 Å². The van der Waals surface area contributed by atoms with Gasteiger partial charge >= 0.3 is 0 Å². The fraction of sp³-hybridized carbons (Fsp3) is 0.933. The summed E-state index contributed by atoms with van der Waals surface area (Å²) in [6, 6.07) is 0.368. The normalized spacial score (nSPS) is 31.5. The van der Waals surface area contributed by atoms with Gasteiger partial charge in [0.05, 0.1) is 6.61 Å². The number of carbonyl (C=O) groups excluding carboxylic acids is 1. The number of carbonyl (C=O) groups is 1. The van der Waals surface area contributed by atoms with E-state index in [1.807, 2.05) is 4.90 Å². The molecule has 4 heteroatoms. The summed E-state index contributed by atoms with van der Waals surface area (Å²) >= 11 is 0. The molecule has 1 fully saturated rings. The van der Waals surface area contributed by atoms with Gasteiger partial charge in [-0.05, 0) is 38.5 Å². The molecule has 19 heavy (non-hydrogen) atoms. The first-order chi connectivity index (χ1) is 8.88. The van der Waals surface area contributed by atoms with E-state index < -0.39 is 0 Å². The number of rotatable bonds is 5. The lowest BCUT2D eigenvalue weighted by atomic mass is 9.72. The van der Waals surface area contributed by atoms with Crippen molar-refractivity contribution in [3.63, 3.8) is 0 Å². The van der Waals surface area contributed by atoms with E-state index in [2.05, 4.69) is 27.7 Å². The zero-order chi connectivity index (χ0) is 14.6. The topological polar surface area (TPSA) is 55.6 Å². The summed E-state index contributed by atoms with van der Waals surface area (Å²) in [6.45, 7) is 9.74. The van der Waals surface area contributed by atoms with Crippen LogP contribution in [0.25, 0.3) is 0 Å². The molecule has 1 amide bonds. The molecule has 0 aromatic carbocycles. The van der Waals surface area contributed by atoms with Gasteiger partial charge in [0.2, 0.25) is 5.91 Å². The maximum absolute atomic E-state index is 12.7. The van der Waals surface area contributed by atoms with Gasteiger partial charge in [-0.3, -0.25) is 4.79 Å². The third-order valence-corrected chi connectivity index (χ3v) is 4.45. The Morgan fingerprint density at radius 2 is 1.95 bits per heavy atom. The highest BCUT2D eigenvalue weighted by molar-refractivity contribution is 5.79. The summed E-state index contributed by atoms with van der Waals surface area (Å²) in [5.41, 5.74) is 6.15. The van der Waals surface area contributed by atoms with E-state index in [1.54, 1.807) is 7.11 Å². The zero-order valence-corrected chi connectivity index (χ0v) is 13.1. The number of hydrogen-bond acceptors (Lipinski definition) is 3. The fourth-order valence-corrected chi connectivity index (χ4v) is 3.05. The Morgan fingerprint density at radius 1 is 1.32 bits per heavy atom. The summed E-state index contributed by atoms with van der Waals surface area (Å²) < 4.78 is 5.11. The lowest BCUT2D eigenvalue weighted by Crippen LogP contribution is -2.49. The highest BCUT2D eigenvalue weighted by Crippen LogP contribution is 2.34. The average molecular weight is 270 g/mol. The Hall–Kier alpha value is -0.610. The number of nitrogens with zero attached hydrogens (tertiary/aromatic N) is 1. The number of nitrogens with two attached hydrogens (primary N) is 1. The molecule has 1 aliphatic carbocycles. The van der Waals surface area contributed by atoms with Crippen molar-refractivity contribution in [1.29, 1.82) is 0 Å². The Balaban J connectivity index is 2.72. The summed E-state index contributed by atoms with van der Waals surface area (Å²) in [5.74, 6) is 1.27. The molecule has 0 bridgehead atoms. The molecule has 4 atom stereocenters. The van der Waals surface area contributed by atoms with Crippen molar-refractivity contribution in [3.8, 4) is 0 Å². The molecule has 0 aliphatic heterocycles. The van der Waals surface area contributed by atoms with Crippen molar-refractivity contribution in [2.45, 2.75) is 52.6 Å². The summed E-state index contributed by atoms with van der Waals surface area (Å²) in [7, 11) is 1.67. The van der Waals surface area contributed by atoms with E-state index in [0.29, 0.717) is 25.0 Å². The lowest BCUT2D eigenvalue weighted by Gasteiger charge is -2.39. The maximum Gasteiger partial charge on any atom is 0.226 e. The van der Waals surface area contributed by atoms with Crippen LogP contribution in [0.5, 0.6) is 0 Å². The van der Waals surface area contributed by atoms with Gasteiger partial charge in [0, 0.05) is 31.7 Å². The molecule has 0 aromatic rings. The maximum atomic E-state index is 12.7. The van der Waals surface area contributed by atoms with Crippen molar-refractivity contribution < 1.29 is 9.53 Å². The standard InChI is InChI=1S/C15H30N2O2/c1-10(2)17(6-7-19-5)15(18)13-9-14(16)12(4)8-11(13)3/h10-14H,6-9,16H2,1-5H3. The molecule has 1 saturated carbocycles. The van der Waals surface area contributed by atoms with Crippen LogP contribution in [0.15, 0.2) is 0 Å². The summed E-state index contributed by atoms with van der Waals surface area (Å²) in [4.78, 5) is 14.7. The third-order valence-electron chi connectivity index (χ3n) is 4.45. The largest absolute Gasteiger partial charge is 0.383 e. The SMILES string of the molecule is COCCN(C(=O)C1CC(N)C(C)CC1C)C(C)C. The van der Waals surface area contributed by atoms with Crippen LogP contribution in [-0.2, 0) is 9.53 Å². The molecule has 2 N–H and O–H groups in total. The van der Waals surface area contributed by atoms with Gasteiger partial charge in [0.1, 0.15) is 0 Å². The highest BCUT2D eigenvalue weighted by atomic mass is 16.5. The molecule has 1 rings (SSSR count). The number of ether oxygens (including phenoxy) is 1. The quantitative estimate of drug-likeness (QED) is 0.830. The molecule has 0 saturated heterocycles. The second kappa shape index (κ2) is 7.25. The third kappa shape index (κ3) is 4.18. The van der Waals surface area contributed by atoms with Crippen molar-refractivity contribution >= 4 is 5.91 Å². The van der Waals surface area contributed by atoms with E-state index in [-0.39, 0.29) is 23.9 Å². The minimum Gasteiger partial charge on any atom is -0.383 e. The van der Waals surface area contributed by atoms with E-state index in [0.717, 1.165) is 12.8 Å². The van der Waals surface area contributed by atoms with E-state index in [9.17, 15) is 4.79 Å². The van der Waals surface area contributed by atoms with Gasteiger partial charge in [0.15, 0.2) is 0 Å². The zero-order valence-electron chi connectivity index (χ0n) is 13.1. The molecule has 112 valence electrons. The molecular weight excluding hydrogens is 240 g/mol. The first kappa shape index (κ1) is 16.4. The predicted octanol–water partition coefficient (Wildman–Crippen LogP) is 1.88. The lowest BCUT2D eigenvalue weighted by molar-refractivity contribution is -0.141. The second-order valence-corrected chi connectivity index (χ2v) is 6.31. The van der Waals surface area contributed by atoms with Crippen LogP contribution in [0.1, 0.15) is 40.5 Å². The van der Waals surface area contributed by atoms with Crippen molar-refractivity contribution in [2.24, 2.45) is 23.5 Å². The van der Waals surface area contributed by atoms with Crippen LogP contribution < -0.4 is 5.73 Å². The summed E-state index contributed by atoms with van der Waals surface area (Å²) in [5, 5.41) is 0. The van der Waals surface area contributed by atoms with E-state index in [4.69, 9.17) is 10.5 Å². The first-order valence-corrected chi connectivity index (χ1v) is 7.43. The Labute approximate surface area is 117 Å². The van der Waals surface area contributed by atoms with Crippen molar-refractivity contribution in [1.82, 2.24) is 4.90 Å². The van der Waals surface area contributed by atoms with Crippen molar-refractivity contribution in [3.05, 3.63) is 0 Å². The molecule has 4 unspecified atom stereocenters. The molecule has 4 nitrogen and oxygen atoms in total. The molecule has 0 spiro atoms. The van der Waals surface area contributed by atoms with Crippen LogP contribution in [-0.4, -0.2) is 43.2 Å². The van der Waals surface area contributed by atoms with Gasteiger partial charge in [-0.1, -0.05) is 13.8 Å². The van der Waals surface area contributed by atoms with Gasteiger partial charge in [0.25, 0.3) is 0 Å². The first-order valence-electron chi connectivity index (χ1n) is 7.43. The minimum absolute atomic E-state index is 0.0745. The predicted molar refractivity (Wildman–Crippen MR) is 77.8 cm³/mol. The van der Waals surface area contributed by atoms with E-state index in [1.165, 1.54) is 0 Å². The summed E-state index contributed by atoms with van der Waals surface area (Å²) in [6.07, 6.45) is 1.87. The Bertz CT molecular complexity index is 294. The number of hydrogen-bond donors (Lipinski definition) is 1. The molecule has 0 heterocycles. The van der Waals surface area contributed by atoms with Gasteiger partial charge in [-0.15, -0.1) is 0 Å². The second-order valence-electron chi connectivity index (χ2n) is 6.31. The van der Waals surface area contributed by atoms with Gasteiger partial charge in [-0.25, -0.2) is 0 Å².